The molecule has 0 bridgehead atoms. The fourth-order valence-corrected chi connectivity index (χ4v) is 3.38. The van der Waals surface area contributed by atoms with Crippen LogP contribution in [0.2, 0.25) is 0 Å². The molecule has 154 valence electrons. The van der Waals surface area contributed by atoms with E-state index in [1.54, 1.807) is 18.2 Å². The molecule has 0 aliphatic heterocycles. The molecule has 0 aliphatic carbocycles. The van der Waals surface area contributed by atoms with E-state index in [4.69, 9.17) is 4.74 Å². The molecule has 5 aromatic rings. The minimum absolute atomic E-state index is 0.207. The summed E-state index contributed by atoms with van der Waals surface area (Å²) in [6, 6.07) is 16.7. The van der Waals surface area contributed by atoms with E-state index in [-0.39, 0.29) is 12.5 Å². The number of nitrogens with zero attached hydrogens (tertiary/aromatic N) is 5. The summed E-state index contributed by atoms with van der Waals surface area (Å²) in [7, 11) is 0. The lowest BCUT2D eigenvalue weighted by molar-refractivity contribution is 0.0949. The predicted octanol–water partition coefficient (Wildman–Crippen LogP) is 3.19. The first kappa shape index (κ1) is 18.8. The van der Waals surface area contributed by atoms with Crippen LogP contribution >= 0.6 is 0 Å². The topological polar surface area (TPSA) is 85.8 Å². The number of hydrogen-bond donors (Lipinski definition) is 1. The molecule has 0 saturated carbocycles. The van der Waals surface area contributed by atoms with Crippen molar-refractivity contribution >= 4 is 17.2 Å². The standard InChI is InChI=1S/C23H20N6O2/c1-16-8-9-20-25-18(14-28(20)13-16)15-31-19-6-4-5-17(11-19)23(30)24-12-22-27-26-21-7-2-3-10-29(21)22/h2-11,13-14H,12,15H2,1H3,(H,24,30). The Labute approximate surface area is 178 Å². The van der Waals surface area contributed by atoms with Gasteiger partial charge in [0.15, 0.2) is 11.5 Å². The molecule has 0 fully saturated rings. The van der Waals surface area contributed by atoms with E-state index in [9.17, 15) is 4.79 Å². The first-order valence-corrected chi connectivity index (χ1v) is 9.90. The number of imidazole rings is 1. The van der Waals surface area contributed by atoms with Gasteiger partial charge in [-0.1, -0.05) is 18.2 Å². The number of aromatic nitrogens is 5. The summed E-state index contributed by atoms with van der Waals surface area (Å²) in [6.07, 6.45) is 5.84. The molecule has 4 heterocycles. The van der Waals surface area contributed by atoms with Crippen LogP contribution in [-0.4, -0.2) is 29.9 Å². The molecule has 0 radical (unpaired) electrons. The van der Waals surface area contributed by atoms with E-state index in [0.717, 1.165) is 22.6 Å². The van der Waals surface area contributed by atoms with Gasteiger partial charge in [0.2, 0.25) is 0 Å². The number of carbonyl (C=O) groups is 1. The van der Waals surface area contributed by atoms with Crippen LogP contribution in [0.3, 0.4) is 0 Å². The van der Waals surface area contributed by atoms with Crippen molar-refractivity contribution in [2.75, 3.05) is 0 Å². The molecule has 1 N–H and O–H groups in total. The number of nitrogens with one attached hydrogen (secondary N) is 1. The molecular weight excluding hydrogens is 392 g/mol. The number of pyridine rings is 2. The van der Waals surface area contributed by atoms with Crippen molar-refractivity contribution in [1.82, 2.24) is 29.3 Å². The molecule has 0 spiro atoms. The Hall–Kier alpha value is -4.20. The van der Waals surface area contributed by atoms with Crippen molar-refractivity contribution in [2.45, 2.75) is 20.1 Å². The van der Waals surface area contributed by atoms with Crippen molar-refractivity contribution in [2.24, 2.45) is 0 Å². The summed E-state index contributed by atoms with van der Waals surface area (Å²) in [5.74, 6) is 1.06. The Morgan fingerprint density at radius 3 is 2.90 bits per heavy atom. The maximum atomic E-state index is 12.6. The van der Waals surface area contributed by atoms with Gasteiger partial charge >= 0.3 is 0 Å². The molecule has 5 rings (SSSR count). The van der Waals surface area contributed by atoms with Crippen molar-refractivity contribution in [3.63, 3.8) is 0 Å². The average molecular weight is 412 g/mol. The molecule has 0 atom stereocenters. The molecule has 31 heavy (non-hydrogen) atoms. The van der Waals surface area contributed by atoms with E-state index >= 15 is 0 Å². The zero-order valence-corrected chi connectivity index (χ0v) is 16.9. The van der Waals surface area contributed by atoms with Gasteiger partial charge < -0.3 is 14.5 Å². The zero-order valence-electron chi connectivity index (χ0n) is 16.9. The number of amides is 1. The first-order chi connectivity index (χ1) is 15.2. The van der Waals surface area contributed by atoms with Crippen LogP contribution in [0.1, 0.15) is 27.4 Å². The normalized spacial score (nSPS) is 11.1. The SMILES string of the molecule is Cc1ccc2nc(COc3cccc(C(=O)NCc4nnc5ccccn45)c3)cn2c1. The molecule has 8 nitrogen and oxygen atoms in total. The van der Waals surface area contributed by atoms with Crippen molar-refractivity contribution in [3.05, 3.63) is 95.8 Å². The Morgan fingerprint density at radius 1 is 1.03 bits per heavy atom. The Bertz CT molecular complexity index is 1390. The van der Waals surface area contributed by atoms with Gasteiger partial charge in [-0.25, -0.2) is 4.98 Å². The number of rotatable bonds is 6. The van der Waals surface area contributed by atoms with E-state index in [1.165, 1.54) is 0 Å². The maximum Gasteiger partial charge on any atom is 0.251 e. The van der Waals surface area contributed by atoms with Crippen molar-refractivity contribution in [3.8, 4) is 5.75 Å². The number of fused-ring (bicyclic) bond motifs is 2. The van der Waals surface area contributed by atoms with Crippen LogP contribution in [0.25, 0.3) is 11.3 Å². The highest BCUT2D eigenvalue weighted by atomic mass is 16.5. The minimum Gasteiger partial charge on any atom is -0.487 e. The van der Waals surface area contributed by atoms with Gasteiger partial charge in [-0.2, -0.15) is 0 Å². The fraction of sp³-hybridized carbons (Fsp3) is 0.130. The van der Waals surface area contributed by atoms with E-state index in [1.807, 2.05) is 70.7 Å². The van der Waals surface area contributed by atoms with Crippen LogP contribution in [0.5, 0.6) is 5.75 Å². The summed E-state index contributed by atoms with van der Waals surface area (Å²) < 4.78 is 9.69. The molecule has 1 amide bonds. The number of aryl methyl sites for hydroxylation is 1. The summed E-state index contributed by atoms with van der Waals surface area (Å²) in [5, 5.41) is 11.1. The van der Waals surface area contributed by atoms with Gasteiger partial charge in [-0.05, 0) is 48.9 Å². The lowest BCUT2D eigenvalue weighted by Gasteiger charge is -2.07. The molecule has 4 aromatic heterocycles. The number of carbonyl (C=O) groups excluding carboxylic acids is 1. The van der Waals surface area contributed by atoms with Crippen LogP contribution in [0.15, 0.2) is 73.2 Å². The molecule has 8 heteroatoms. The monoisotopic (exact) mass is 412 g/mol. The Morgan fingerprint density at radius 2 is 1.97 bits per heavy atom. The lowest BCUT2D eigenvalue weighted by Crippen LogP contribution is -2.24. The van der Waals surface area contributed by atoms with E-state index < -0.39 is 0 Å². The zero-order chi connectivity index (χ0) is 21.2. The minimum atomic E-state index is -0.207. The quantitative estimate of drug-likeness (QED) is 0.463. The molecular formula is C23H20N6O2. The maximum absolute atomic E-state index is 12.6. The van der Waals surface area contributed by atoms with Crippen molar-refractivity contribution in [1.29, 1.82) is 0 Å². The Kier molecular flexibility index (Phi) is 4.80. The predicted molar refractivity (Wildman–Crippen MR) is 115 cm³/mol. The summed E-state index contributed by atoms with van der Waals surface area (Å²) in [4.78, 5) is 17.2. The molecule has 1 aromatic carbocycles. The second kappa shape index (κ2) is 7.91. The van der Waals surface area contributed by atoms with Gasteiger partial charge in [-0.3, -0.25) is 9.20 Å². The van der Waals surface area contributed by atoms with Crippen LogP contribution < -0.4 is 10.1 Å². The number of benzene rings is 1. The van der Waals surface area contributed by atoms with Gasteiger partial charge in [0.25, 0.3) is 5.91 Å². The van der Waals surface area contributed by atoms with Crippen molar-refractivity contribution < 1.29 is 9.53 Å². The van der Waals surface area contributed by atoms with E-state index in [0.29, 0.717) is 23.7 Å². The molecule has 0 aliphatic rings. The van der Waals surface area contributed by atoms with Gasteiger partial charge in [0.1, 0.15) is 18.0 Å². The number of ether oxygens (including phenoxy) is 1. The summed E-state index contributed by atoms with van der Waals surface area (Å²) in [6.45, 7) is 2.63. The molecule has 0 unspecified atom stereocenters. The summed E-state index contributed by atoms with van der Waals surface area (Å²) >= 11 is 0. The highest BCUT2D eigenvalue weighted by Gasteiger charge is 2.10. The van der Waals surface area contributed by atoms with Crippen LogP contribution in [0.4, 0.5) is 0 Å². The average Bonchev–Trinajstić information content (AvgIpc) is 3.39. The summed E-state index contributed by atoms with van der Waals surface area (Å²) in [5.41, 5.74) is 4.11. The number of hydrogen-bond acceptors (Lipinski definition) is 5. The Balaban J connectivity index is 1.24. The van der Waals surface area contributed by atoms with Gasteiger partial charge in [0, 0.05) is 24.2 Å². The van der Waals surface area contributed by atoms with Crippen LogP contribution in [0, 0.1) is 6.92 Å². The largest absolute Gasteiger partial charge is 0.487 e. The second-order valence-corrected chi connectivity index (χ2v) is 7.25. The highest BCUT2D eigenvalue weighted by Crippen LogP contribution is 2.16. The third-order valence-electron chi connectivity index (χ3n) is 4.92. The second-order valence-electron chi connectivity index (χ2n) is 7.25. The fourth-order valence-electron chi connectivity index (χ4n) is 3.38. The lowest BCUT2D eigenvalue weighted by atomic mass is 10.2. The smallest absolute Gasteiger partial charge is 0.251 e. The molecule has 0 saturated heterocycles. The third-order valence-corrected chi connectivity index (χ3v) is 4.92. The highest BCUT2D eigenvalue weighted by molar-refractivity contribution is 5.94. The first-order valence-electron chi connectivity index (χ1n) is 9.90. The third kappa shape index (κ3) is 3.95. The van der Waals surface area contributed by atoms with Gasteiger partial charge in [-0.15, -0.1) is 10.2 Å². The van der Waals surface area contributed by atoms with Gasteiger partial charge in [0.05, 0.1) is 12.2 Å². The van der Waals surface area contributed by atoms with Crippen LogP contribution in [-0.2, 0) is 13.2 Å². The van der Waals surface area contributed by atoms with E-state index in [2.05, 4.69) is 20.5 Å².